The van der Waals surface area contributed by atoms with Crippen molar-refractivity contribution in [2.24, 2.45) is 0 Å². The molecule has 0 radical (unpaired) electrons. The average molecular weight is 292 g/mol. The highest BCUT2D eigenvalue weighted by Gasteiger charge is 2.05. The second kappa shape index (κ2) is 6.93. The number of carbonyl (C=O) groups excluding carboxylic acids is 1. The summed E-state index contributed by atoms with van der Waals surface area (Å²) in [4.78, 5) is 17.9. The van der Waals surface area contributed by atoms with E-state index in [1.54, 1.807) is 18.4 Å². The number of amides is 2. The second-order valence-corrected chi connectivity index (χ2v) is 5.15. The van der Waals surface area contributed by atoms with E-state index < -0.39 is 0 Å². The van der Waals surface area contributed by atoms with Crippen molar-refractivity contribution in [3.63, 3.8) is 0 Å². The Morgan fingerprint density at radius 2 is 1.90 bits per heavy atom. The first kappa shape index (κ1) is 14.4. The SMILES string of the molecule is CONC(=O)NCc1ccc(-c2ccc(OC)cc2)s1. The van der Waals surface area contributed by atoms with Crippen LogP contribution in [0.4, 0.5) is 4.79 Å². The molecule has 0 bridgehead atoms. The predicted molar refractivity (Wildman–Crippen MR) is 78.7 cm³/mol. The highest BCUT2D eigenvalue weighted by atomic mass is 32.1. The summed E-state index contributed by atoms with van der Waals surface area (Å²) in [5.41, 5.74) is 3.34. The van der Waals surface area contributed by atoms with E-state index in [0.29, 0.717) is 6.54 Å². The lowest BCUT2D eigenvalue weighted by atomic mass is 10.2. The van der Waals surface area contributed by atoms with E-state index in [9.17, 15) is 4.79 Å². The lowest BCUT2D eigenvalue weighted by molar-refractivity contribution is 0.107. The Hall–Kier alpha value is -2.05. The molecule has 2 N–H and O–H groups in total. The van der Waals surface area contributed by atoms with Crippen LogP contribution in [0.1, 0.15) is 4.88 Å². The van der Waals surface area contributed by atoms with Crippen molar-refractivity contribution in [3.8, 4) is 16.2 Å². The topological polar surface area (TPSA) is 59.6 Å². The molecule has 0 atom stereocenters. The van der Waals surface area contributed by atoms with Gasteiger partial charge in [-0.05, 0) is 42.0 Å². The Morgan fingerprint density at radius 3 is 2.55 bits per heavy atom. The number of carbonyl (C=O) groups is 1. The van der Waals surface area contributed by atoms with Crippen LogP contribution >= 0.6 is 11.3 Å². The van der Waals surface area contributed by atoms with Gasteiger partial charge >= 0.3 is 6.03 Å². The van der Waals surface area contributed by atoms with Gasteiger partial charge in [0.1, 0.15) is 5.75 Å². The molecule has 1 aromatic heterocycles. The third kappa shape index (κ3) is 3.72. The van der Waals surface area contributed by atoms with E-state index in [1.807, 2.05) is 36.4 Å². The van der Waals surface area contributed by atoms with Gasteiger partial charge in [0.2, 0.25) is 0 Å². The second-order valence-electron chi connectivity index (χ2n) is 3.98. The number of hydroxylamine groups is 1. The highest BCUT2D eigenvalue weighted by molar-refractivity contribution is 7.15. The molecule has 1 heterocycles. The Morgan fingerprint density at radius 1 is 1.15 bits per heavy atom. The third-order valence-electron chi connectivity index (χ3n) is 2.65. The molecule has 0 aliphatic carbocycles. The van der Waals surface area contributed by atoms with Crippen molar-refractivity contribution in [1.82, 2.24) is 10.8 Å². The summed E-state index contributed by atoms with van der Waals surface area (Å²) < 4.78 is 5.14. The maximum atomic E-state index is 11.2. The number of benzene rings is 1. The zero-order valence-corrected chi connectivity index (χ0v) is 12.1. The van der Waals surface area contributed by atoms with Crippen LogP contribution in [0.25, 0.3) is 10.4 Å². The molecule has 0 unspecified atom stereocenters. The molecule has 106 valence electrons. The molecule has 6 heteroatoms. The number of hydrogen-bond donors (Lipinski definition) is 2. The van der Waals surface area contributed by atoms with Crippen molar-refractivity contribution in [3.05, 3.63) is 41.3 Å². The maximum absolute atomic E-state index is 11.2. The van der Waals surface area contributed by atoms with E-state index in [-0.39, 0.29) is 6.03 Å². The van der Waals surface area contributed by atoms with Gasteiger partial charge < -0.3 is 10.1 Å². The minimum atomic E-state index is -0.355. The van der Waals surface area contributed by atoms with Crippen molar-refractivity contribution >= 4 is 17.4 Å². The molecule has 2 aromatic rings. The minimum absolute atomic E-state index is 0.355. The van der Waals surface area contributed by atoms with Crippen molar-refractivity contribution < 1.29 is 14.4 Å². The third-order valence-corrected chi connectivity index (χ3v) is 3.79. The van der Waals surface area contributed by atoms with E-state index in [4.69, 9.17) is 4.74 Å². The Balaban J connectivity index is 1.99. The largest absolute Gasteiger partial charge is 0.497 e. The Labute approximate surface area is 121 Å². The number of nitrogens with one attached hydrogen (secondary N) is 2. The lowest BCUT2D eigenvalue weighted by Crippen LogP contribution is -2.33. The first-order chi connectivity index (χ1) is 9.72. The van der Waals surface area contributed by atoms with Gasteiger partial charge in [-0.25, -0.2) is 10.3 Å². The summed E-state index contributed by atoms with van der Waals surface area (Å²) in [7, 11) is 3.04. The zero-order valence-electron chi connectivity index (χ0n) is 11.3. The summed E-state index contributed by atoms with van der Waals surface area (Å²) in [6, 6.07) is 11.6. The zero-order chi connectivity index (χ0) is 14.4. The average Bonchev–Trinajstić information content (AvgIpc) is 2.94. The summed E-state index contributed by atoms with van der Waals surface area (Å²) in [5, 5.41) is 2.70. The van der Waals surface area contributed by atoms with E-state index in [0.717, 1.165) is 21.1 Å². The molecule has 1 aromatic carbocycles. The standard InChI is InChI=1S/C14H16N2O3S/c1-18-11-5-3-10(4-6-11)13-8-7-12(20-13)9-15-14(17)16-19-2/h3-8H,9H2,1-2H3,(H2,15,16,17). The molecule has 0 saturated carbocycles. The van der Waals surface area contributed by atoms with E-state index in [1.165, 1.54) is 7.11 Å². The molecular formula is C14H16N2O3S. The van der Waals surface area contributed by atoms with Gasteiger partial charge in [-0.1, -0.05) is 0 Å². The quantitative estimate of drug-likeness (QED) is 0.833. The van der Waals surface area contributed by atoms with Gasteiger partial charge in [0, 0.05) is 9.75 Å². The summed E-state index contributed by atoms with van der Waals surface area (Å²) in [6.07, 6.45) is 0. The van der Waals surface area contributed by atoms with Crippen molar-refractivity contribution in [2.45, 2.75) is 6.54 Å². The molecule has 0 aliphatic rings. The fourth-order valence-corrected chi connectivity index (χ4v) is 2.63. The van der Waals surface area contributed by atoms with Gasteiger partial charge in [-0.15, -0.1) is 11.3 Å². The van der Waals surface area contributed by atoms with Crippen LogP contribution in [0.3, 0.4) is 0 Å². The van der Waals surface area contributed by atoms with Crippen molar-refractivity contribution in [2.75, 3.05) is 14.2 Å². The molecule has 0 saturated heterocycles. The summed E-state index contributed by atoms with van der Waals surface area (Å²) in [5.74, 6) is 0.837. The smallest absolute Gasteiger partial charge is 0.338 e. The number of ether oxygens (including phenoxy) is 1. The predicted octanol–water partition coefficient (Wildman–Crippen LogP) is 2.78. The fourth-order valence-electron chi connectivity index (χ4n) is 1.68. The molecule has 2 amide bonds. The van der Waals surface area contributed by atoms with Crippen LogP contribution in [0.2, 0.25) is 0 Å². The van der Waals surface area contributed by atoms with E-state index >= 15 is 0 Å². The number of urea groups is 1. The number of methoxy groups -OCH3 is 1. The summed E-state index contributed by atoms with van der Waals surface area (Å²) in [6.45, 7) is 0.468. The Kier molecular flexibility index (Phi) is 4.97. The number of rotatable bonds is 5. The van der Waals surface area contributed by atoms with Crippen LogP contribution in [-0.2, 0) is 11.4 Å². The maximum Gasteiger partial charge on any atom is 0.338 e. The molecule has 2 rings (SSSR count). The monoisotopic (exact) mass is 292 g/mol. The molecule has 0 aliphatic heterocycles. The van der Waals surface area contributed by atoms with Crippen LogP contribution in [-0.4, -0.2) is 20.3 Å². The van der Waals surface area contributed by atoms with Gasteiger partial charge in [-0.3, -0.25) is 4.84 Å². The van der Waals surface area contributed by atoms with Crippen LogP contribution in [0.5, 0.6) is 5.75 Å². The van der Waals surface area contributed by atoms with Crippen LogP contribution in [0.15, 0.2) is 36.4 Å². The lowest BCUT2D eigenvalue weighted by Gasteiger charge is -2.03. The number of thiophene rings is 1. The number of hydrogen-bond acceptors (Lipinski definition) is 4. The van der Waals surface area contributed by atoms with Crippen LogP contribution < -0.4 is 15.5 Å². The minimum Gasteiger partial charge on any atom is -0.497 e. The first-order valence-electron chi connectivity index (χ1n) is 6.03. The first-order valence-corrected chi connectivity index (χ1v) is 6.84. The Bertz CT molecular complexity index is 566. The van der Waals surface area contributed by atoms with Gasteiger partial charge in [0.05, 0.1) is 20.8 Å². The van der Waals surface area contributed by atoms with Crippen molar-refractivity contribution in [1.29, 1.82) is 0 Å². The summed E-state index contributed by atoms with van der Waals surface area (Å²) >= 11 is 1.64. The molecule has 20 heavy (non-hydrogen) atoms. The molecule has 0 fully saturated rings. The molecule has 5 nitrogen and oxygen atoms in total. The normalized spacial score (nSPS) is 10.1. The van der Waals surface area contributed by atoms with E-state index in [2.05, 4.69) is 15.6 Å². The van der Waals surface area contributed by atoms with Gasteiger partial charge in [0.15, 0.2) is 0 Å². The highest BCUT2D eigenvalue weighted by Crippen LogP contribution is 2.29. The molecule has 0 spiro atoms. The van der Waals surface area contributed by atoms with Crippen LogP contribution in [0, 0.1) is 0 Å². The van der Waals surface area contributed by atoms with Gasteiger partial charge in [0.25, 0.3) is 0 Å². The van der Waals surface area contributed by atoms with Gasteiger partial charge in [-0.2, -0.15) is 0 Å². The fraction of sp³-hybridized carbons (Fsp3) is 0.214. The molecular weight excluding hydrogens is 276 g/mol.